The van der Waals surface area contributed by atoms with Crippen molar-refractivity contribution >= 4 is 17.0 Å². The standard InChI is InChI=1S/C20H25F3N6/c21-20(22,23)15-6-4-14(5-7-15)11-29-12-26-19-17(29)18(27-16(10-24)28-19)25-9-8-13-2-1-3-13/h12-15H,1-9,11H2,(H,25,27,28)/t14-,15-. The van der Waals surface area contributed by atoms with Crippen molar-refractivity contribution in [2.45, 2.75) is 64.1 Å². The second-order valence-corrected chi connectivity index (χ2v) is 8.35. The Hall–Kier alpha value is -2.37. The van der Waals surface area contributed by atoms with Crippen LogP contribution in [0, 0.1) is 29.1 Å². The Balaban J connectivity index is 1.48. The van der Waals surface area contributed by atoms with Gasteiger partial charge in [0.2, 0.25) is 5.82 Å². The van der Waals surface area contributed by atoms with Gasteiger partial charge in [-0.1, -0.05) is 19.3 Å². The maximum Gasteiger partial charge on any atom is 0.391 e. The van der Waals surface area contributed by atoms with Gasteiger partial charge in [-0.15, -0.1) is 0 Å². The summed E-state index contributed by atoms with van der Waals surface area (Å²) >= 11 is 0. The third-order valence-corrected chi connectivity index (χ3v) is 6.41. The van der Waals surface area contributed by atoms with Crippen molar-refractivity contribution in [3.05, 3.63) is 12.2 Å². The van der Waals surface area contributed by atoms with Crippen LogP contribution in [0.4, 0.5) is 19.0 Å². The fraction of sp³-hybridized carbons (Fsp3) is 0.700. The smallest absolute Gasteiger partial charge is 0.368 e. The van der Waals surface area contributed by atoms with Crippen molar-refractivity contribution in [1.82, 2.24) is 19.5 Å². The molecule has 2 saturated carbocycles. The Morgan fingerprint density at radius 2 is 1.86 bits per heavy atom. The van der Waals surface area contributed by atoms with E-state index in [0.29, 0.717) is 30.9 Å². The number of hydrogen-bond donors (Lipinski definition) is 1. The first kappa shape index (κ1) is 19.9. The van der Waals surface area contributed by atoms with Crippen molar-refractivity contribution in [3.63, 3.8) is 0 Å². The van der Waals surface area contributed by atoms with Gasteiger partial charge in [-0.2, -0.15) is 28.4 Å². The Bertz CT molecular complexity index is 888. The summed E-state index contributed by atoms with van der Waals surface area (Å²) in [5.41, 5.74) is 1.18. The topological polar surface area (TPSA) is 79.4 Å². The van der Waals surface area contributed by atoms with Crippen LogP contribution in [0.15, 0.2) is 6.33 Å². The lowest BCUT2D eigenvalue weighted by molar-refractivity contribution is -0.184. The summed E-state index contributed by atoms with van der Waals surface area (Å²) in [6, 6.07) is 1.97. The molecular weight excluding hydrogens is 381 g/mol. The van der Waals surface area contributed by atoms with Crippen molar-refractivity contribution in [2.75, 3.05) is 11.9 Å². The molecule has 2 fully saturated rings. The fourth-order valence-corrected chi connectivity index (χ4v) is 4.42. The average Bonchev–Trinajstić information content (AvgIpc) is 3.06. The molecule has 2 heterocycles. The minimum absolute atomic E-state index is 0.0691. The van der Waals surface area contributed by atoms with Gasteiger partial charge in [0.1, 0.15) is 11.6 Å². The number of imidazole rings is 1. The normalized spacial score (nSPS) is 23.0. The average molecular weight is 406 g/mol. The van der Waals surface area contributed by atoms with Gasteiger partial charge in [0.15, 0.2) is 11.5 Å². The molecule has 0 spiro atoms. The molecule has 2 aromatic heterocycles. The van der Waals surface area contributed by atoms with E-state index < -0.39 is 12.1 Å². The quantitative estimate of drug-likeness (QED) is 0.754. The summed E-state index contributed by atoms with van der Waals surface area (Å²) in [7, 11) is 0. The number of hydrogen-bond acceptors (Lipinski definition) is 5. The number of halogens is 3. The van der Waals surface area contributed by atoms with Crippen LogP contribution in [-0.4, -0.2) is 32.2 Å². The van der Waals surface area contributed by atoms with Crippen molar-refractivity contribution in [3.8, 4) is 6.07 Å². The summed E-state index contributed by atoms with van der Waals surface area (Å²) in [4.78, 5) is 12.8. The molecule has 0 saturated heterocycles. The first-order chi connectivity index (χ1) is 13.9. The SMILES string of the molecule is N#Cc1nc(NCCC2CCC2)c2c(ncn2C[C@H]2CC[C@H](C(F)(F)F)CC2)n1. The molecule has 0 aromatic carbocycles. The van der Waals surface area contributed by atoms with Gasteiger partial charge in [-0.25, -0.2) is 4.98 Å². The van der Waals surface area contributed by atoms with Gasteiger partial charge < -0.3 is 9.88 Å². The molecule has 29 heavy (non-hydrogen) atoms. The summed E-state index contributed by atoms with van der Waals surface area (Å²) in [5.74, 6) is 0.406. The third-order valence-electron chi connectivity index (χ3n) is 6.41. The highest BCUT2D eigenvalue weighted by Gasteiger charge is 2.41. The van der Waals surface area contributed by atoms with Gasteiger partial charge in [0.05, 0.1) is 12.2 Å². The van der Waals surface area contributed by atoms with Crippen LogP contribution in [-0.2, 0) is 6.54 Å². The number of rotatable bonds is 6. The minimum Gasteiger partial charge on any atom is -0.368 e. The summed E-state index contributed by atoms with van der Waals surface area (Å²) in [5, 5.41) is 12.6. The number of nitrogens with zero attached hydrogens (tertiary/aromatic N) is 5. The predicted molar refractivity (Wildman–Crippen MR) is 102 cm³/mol. The first-order valence-electron chi connectivity index (χ1n) is 10.4. The van der Waals surface area contributed by atoms with Crippen molar-refractivity contribution in [1.29, 1.82) is 5.26 Å². The van der Waals surface area contributed by atoms with E-state index >= 15 is 0 Å². The van der Waals surface area contributed by atoms with Gasteiger partial charge >= 0.3 is 6.18 Å². The van der Waals surface area contributed by atoms with Crippen LogP contribution in [0.25, 0.3) is 11.2 Å². The zero-order valence-electron chi connectivity index (χ0n) is 16.3. The Morgan fingerprint density at radius 1 is 1.10 bits per heavy atom. The lowest BCUT2D eigenvalue weighted by Gasteiger charge is -2.30. The molecule has 0 aliphatic heterocycles. The number of fused-ring (bicyclic) bond motifs is 1. The lowest BCUT2D eigenvalue weighted by atomic mass is 9.81. The Kier molecular flexibility index (Phi) is 5.61. The number of anilines is 1. The largest absolute Gasteiger partial charge is 0.391 e. The van der Waals surface area contributed by atoms with Gasteiger partial charge in [-0.05, 0) is 43.9 Å². The van der Waals surface area contributed by atoms with E-state index in [1.807, 2.05) is 10.6 Å². The molecule has 2 aromatic rings. The van der Waals surface area contributed by atoms with Crippen LogP contribution in [0.2, 0.25) is 0 Å². The van der Waals surface area contributed by atoms with Crippen LogP contribution in [0.3, 0.4) is 0 Å². The molecule has 0 unspecified atom stereocenters. The molecule has 9 heteroatoms. The van der Waals surface area contributed by atoms with Crippen molar-refractivity contribution < 1.29 is 13.2 Å². The minimum atomic E-state index is -4.09. The Labute approximate surface area is 167 Å². The lowest BCUT2D eigenvalue weighted by Crippen LogP contribution is -2.29. The van der Waals surface area contributed by atoms with E-state index in [-0.39, 0.29) is 24.6 Å². The third kappa shape index (κ3) is 4.46. The van der Waals surface area contributed by atoms with E-state index in [4.69, 9.17) is 0 Å². The van der Waals surface area contributed by atoms with E-state index in [1.54, 1.807) is 6.33 Å². The van der Waals surface area contributed by atoms with E-state index in [2.05, 4.69) is 20.3 Å². The predicted octanol–water partition coefficient (Wildman–Crippen LogP) is 4.67. The zero-order chi connectivity index (χ0) is 20.4. The number of nitriles is 1. The second-order valence-electron chi connectivity index (χ2n) is 8.35. The number of aromatic nitrogens is 4. The van der Waals surface area contributed by atoms with Gasteiger partial charge in [0, 0.05) is 13.1 Å². The highest BCUT2D eigenvalue weighted by Crippen LogP contribution is 2.40. The first-order valence-corrected chi connectivity index (χ1v) is 10.4. The van der Waals surface area contributed by atoms with Crippen molar-refractivity contribution in [2.24, 2.45) is 17.8 Å². The molecule has 4 rings (SSSR count). The maximum absolute atomic E-state index is 12.9. The Morgan fingerprint density at radius 3 is 2.48 bits per heavy atom. The molecule has 0 amide bonds. The van der Waals surface area contributed by atoms with Crippen LogP contribution < -0.4 is 5.32 Å². The second kappa shape index (κ2) is 8.17. The summed E-state index contributed by atoms with van der Waals surface area (Å²) < 4.78 is 40.7. The maximum atomic E-state index is 12.9. The molecule has 1 N–H and O–H groups in total. The van der Waals surface area contributed by atoms with E-state index in [9.17, 15) is 18.4 Å². The molecular formula is C20H25F3N6. The van der Waals surface area contributed by atoms with Crippen LogP contribution >= 0.6 is 0 Å². The van der Waals surface area contributed by atoms with Gasteiger partial charge in [0.25, 0.3) is 0 Å². The van der Waals surface area contributed by atoms with E-state index in [1.165, 1.54) is 19.3 Å². The molecule has 0 bridgehead atoms. The molecule has 2 aliphatic rings. The highest BCUT2D eigenvalue weighted by atomic mass is 19.4. The molecule has 156 valence electrons. The van der Waals surface area contributed by atoms with Crippen LogP contribution in [0.5, 0.6) is 0 Å². The van der Waals surface area contributed by atoms with Crippen LogP contribution in [0.1, 0.15) is 57.2 Å². The summed E-state index contributed by atoms with van der Waals surface area (Å²) in [6.07, 6.45) is 3.92. The fourth-order valence-electron chi connectivity index (χ4n) is 4.42. The zero-order valence-corrected chi connectivity index (χ0v) is 16.3. The molecule has 2 aliphatic carbocycles. The molecule has 6 nitrogen and oxygen atoms in total. The summed E-state index contributed by atoms with van der Waals surface area (Å²) in [6.45, 7) is 1.36. The number of alkyl halides is 3. The highest BCUT2D eigenvalue weighted by molar-refractivity contribution is 5.83. The number of nitrogens with one attached hydrogen (secondary N) is 1. The molecule has 0 radical (unpaired) electrons. The van der Waals surface area contributed by atoms with Gasteiger partial charge in [-0.3, -0.25) is 0 Å². The molecule has 0 atom stereocenters. The monoisotopic (exact) mass is 406 g/mol. The van der Waals surface area contributed by atoms with E-state index in [0.717, 1.165) is 24.4 Å².